The second-order valence-corrected chi connectivity index (χ2v) is 10.7. The van der Waals surface area contributed by atoms with Crippen LogP contribution >= 0.6 is 0 Å². The summed E-state index contributed by atoms with van der Waals surface area (Å²) in [5.74, 6) is -0.382. The summed E-state index contributed by atoms with van der Waals surface area (Å²) in [5, 5.41) is 3.10. The molecule has 0 atom stereocenters. The van der Waals surface area contributed by atoms with Crippen LogP contribution in [-0.2, 0) is 26.0 Å². The number of para-hydroxylation sites is 3. The number of carbonyl (C=O) groups excluding carboxylic acids is 2. The van der Waals surface area contributed by atoms with Crippen molar-refractivity contribution in [3.05, 3.63) is 54.7 Å². The lowest BCUT2D eigenvalue weighted by Crippen LogP contribution is -2.39. The maximum Gasteiger partial charge on any atom is 0.242 e. The van der Waals surface area contributed by atoms with E-state index in [4.69, 9.17) is 4.74 Å². The van der Waals surface area contributed by atoms with Gasteiger partial charge in [0.2, 0.25) is 11.8 Å². The van der Waals surface area contributed by atoms with Gasteiger partial charge in [0.1, 0.15) is 18.0 Å². The highest BCUT2D eigenvalue weighted by Gasteiger charge is 2.26. The normalized spacial score (nSPS) is 14.8. The molecule has 0 bridgehead atoms. The summed E-state index contributed by atoms with van der Waals surface area (Å²) >= 11 is 0. The molecule has 1 saturated heterocycles. The Kier molecular flexibility index (Phi) is 6.92. The molecule has 1 fully saturated rings. The third-order valence-electron chi connectivity index (χ3n) is 6.23. The molecule has 1 N–H and O–H groups in total. The monoisotopic (exact) mass is 483 g/mol. The van der Waals surface area contributed by atoms with E-state index in [0.717, 1.165) is 12.8 Å². The summed E-state index contributed by atoms with van der Waals surface area (Å²) in [4.78, 5) is 27.4. The maximum atomic E-state index is 13.2. The van der Waals surface area contributed by atoms with Crippen LogP contribution in [0.4, 0.5) is 5.69 Å². The summed E-state index contributed by atoms with van der Waals surface area (Å²) < 4.78 is 33.4. The van der Waals surface area contributed by atoms with Crippen molar-refractivity contribution in [1.82, 2.24) is 9.47 Å². The summed E-state index contributed by atoms with van der Waals surface area (Å²) in [6.07, 6.45) is 3.42. The minimum absolute atomic E-state index is 0.0366. The van der Waals surface area contributed by atoms with Crippen molar-refractivity contribution in [3.8, 4) is 5.75 Å². The lowest BCUT2D eigenvalue weighted by atomic mass is 9.99. The van der Waals surface area contributed by atoms with Crippen molar-refractivity contribution in [3.63, 3.8) is 0 Å². The number of anilines is 1. The molecule has 1 aromatic heterocycles. The van der Waals surface area contributed by atoms with E-state index in [9.17, 15) is 18.0 Å². The number of piperidine rings is 1. The van der Waals surface area contributed by atoms with Crippen LogP contribution in [0.25, 0.3) is 10.9 Å². The first kappa shape index (κ1) is 23.8. The topological polar surface area (TPSA) is 97.7 Å². The number of hydrogen-bond donors (Lipinski definition) is 1. The third kappa shape index (κ3) is 5.09. The molecule has 3 aromatic rings. The molecule has 2 heterocycles. The second kappa shape index (κ2) is 9.89. The number of hydrogen-bond acceptors (Lipinski definition) is 5. The van der Waals surface area contributed by atoms with Crippen molar-refractivity contribution in [1.29, 1.82) is 0 Å². The van der Waals surface area contributed by atoms with Gasteiger partial charge in [-0.25, -0.2) is 8.42 Å². The molecule has 4 rings (SSSR count). The fraction of sp³-hybridized carbons (Fsp3) is 0.360. The average molecular weight is 484 g/mol. The lowest BCUT2D eigenvalue weighted by Gasteiger charge is -2.30. The number of carbonyl (C=O) groups is 2. The molecule has 0 saturated carbocycles. The van der Waals surface area contributed by atoms with Crippen molar-refractivity contribution < 1.29 is 22.7 Å². The van der Waals surface area contributed by atoms with Crippen molar-refractivity contribution in [2.45, 2.75) is 31.2 Å². The van der Waals surface area contributed by atoms with Gasteiger partial charge in [-0.3, -0.25) is 9.59 Å². The molecule has 0 radical (unpaired) electrons. The molecule has 34 heavy (non-hydrogen) atoms. The van der Waals surface area contributed by atoms with Gasteiger partial charge in [-0.1, -0.05) is 37.3 Å². The number of nitrogens with zero attached hydrogens (tertiary/aromatic N) is 2. The maximum absolute atomic E-state index is 13.2. The van der Waals surface area contributed by atoms with Crippen molar-refractivity contribution in [2.24, 2.45) is 5.92 Å². The van der Waals surface area contributed by atoms with E-state index in [1.54, 1.807) is 53.1 Å². The summed E-state index contributed by atoms with van der Waals surface area (Å²) in [5.41, 5.74) is 1.04. The van der Waals surface area contributed by atoms with Gasteiger partial charge in [-0.15, -0.1) is 0 Å². The first-order valence-corrected chi connectivity index (χ1v) is 12.9. The number of aromatic nitrogens is 1. The number of fused-ring (bicyclic) bond motifs is 1. The van der Waals surface area contributed by atoms with Crippen LogP contribution in [0.2, 0.25) is 0 Å². The zero-order valence-electron chi connectivity index (χ0n) is 19.4. The van der Waals surface area contributed by atoms with Crippen molar-refractivity contribution >= 4 is 38.2 Å². The Bertz CT molecular complexity index is 1310. The molecule has 0 spiro atoms. The Morgan fingerprint density at radius 1 is 1.06 bits per heavy atom. The van der Waals surface area contributed by atoms with Gasteiger partial charge in [0.05, 0.1) is 17.7 Å². The average Bonchev–Trinajstić information content (AvgIpc) is 3.19. The number of ether oxygens (including phenoxy) is 1. The predicted molar refractivity (Wildman–Crippen MR) is 131 cm³/mol. The number of benzene rings is 2. The van der Waals surface area contributed by atoms with E-state index in [1.165, 1.54) is 13.3 Å². The second-order valence-electron chi connectivity index (χ2n) is 8.71. The molecule has 1 aliphatic heterocycles. The molecule has 9 heteroatoms. The zero-order valence-corrected chi connectivity index (χ0v) is 20.2. The minimum atomic E-state index is -3.97. The molecule has 8 nitrogen and oxygen atoms in total. The Hall–Kier alpha value is -3.33. The van der Waals surface area contributed by atoms with E-state index >= 15 is 0 Å². The molecular weight excluding hydrogens is 454 g/mol. The first-order valence-electron chi connectivity index (χ1n) is 11.3. The van der Waals surface area contributed by atoms with Gasteiger partial charge in [-0.05, 0) is 37.0 Å². The summed E-state index contributed by atoms with van der Waals surface area (Å²) in [7, 11) is -2.50. The number of rotatable bonds is 7. The molecule has 180 valence electrons. The van der Waals surface area contributed by atoms with Gasteiger partial charge < -0.3 is 19.5 Å². The van der Waals surface area contributed by atoms with Crippen LogP contribution in [0.3, 0.4) is 0 Å². The highest BCUT2D eigenvalue weighted by molar-refractivity contribution is 7.92. The fourth-order valence-electron chi connectivity index (χ4n) is 4.28. The predicted octanol–water partition coefficient (Wildman–Crippen LogP) is 3.32. The largest absolute Gasteiger partial charge is 0.495 e. The first-order chi connectivity index (χ1) is 16.3. The Morgan fingerprint density at radius 2 is 1.74 bits per heavy atom. The van der Waals surface area contributed by atoms with Gasteiger partial charge in [-0.2, -0.15) is 0 Å². The van der Waals surface area contributed by atoms with Gasteiger partial charge in [0, 0.05) is 30.2 Å². The van der Waals surface area contributed by atoms with Gasteiger partial charge in [0.25, 0.3) is 0 Å². The number of nitrogens with one attached hydrogen (secondary N) is 1. The molecule has 0 unspecified atom stereocenters. The van der Waals surface area contributed by atoms with Crippen LogP contribution in [0, 0.1) is 5.92 Å². The van der Waals surface area contributed by atoms with Crippen molar-refractivity contribution in [2.75, 3.05) is 31.3 Å². The quantitative estimate of drug-likeness (QED) is 0.556. The molecular formula is C25H29N3O5S. The van der Waals surface area contributed by atoms with E-state index < -0.39 is 21.5 Å². The van der Waals surface area contributed by atoms with Crippen LogP contribution in [-0.4, -0.2) is 55.7 Å². The number of amides is 2. The van der Waals surface area contributed by atoms with Crippen LogP contribution in [0.1, 0.15) is 19.8 Å². The lowest BCUT2D eigenvalue weighted by molar-refractivity contribution is -0.133. The van der Waals surface area contributed by atoms with Crippen LogP contribution in [0.5, 0.6) is 5.75 Å². The highest BCUT2D eigenvalue weighted by atomic mass is 32.2. The Morgan fingerprint density at radius 3 is 2.47 bits per heavy atom. The number of likely N-dealkylation sites (tertiary alicyclic amines) is 1. The minimum Gasteiger partial charge on any atom is -0.495 e. The molecule has 1 aliphatic rings. The Labute approximate surface area is 199 Å². The van der Waals surface area contributed by atoms with Gasteiger partial charge in [0.15, 0.2) is 9.84 Å². The third-order valence-corrected chi connectivity index (χ3v) is 7.87. The van der Waals surface area contributed by atoms with E-state index in [1.807, 2.05) is 4.90 Å². The zero-order chi connectivity index (χ0) is 24.3. The van der Waals surface area contributed by atoms with E-state index in [-0.39, 0.29) is 17.3 Å². The van der Waals surface area contributed by atoms with Crippen LogP contribution < -0.4 is 10.1 Å². The SMILES string of the molecule is COc1ccccc1NC(=O)CS(=O)(=O)c1cn(CC(=O)N2CCC(C)CC2)c2ccccc12. The smallest absolute Gasteiger partial charge is 0.242 e. The number of methoxy groups -OCH3 is 1. The Balaban J connectivity index is 1.56. The summed E-state index contributed by atoms with van der Waals surface area (Å²) in [6.45, 7) is 3.67. The van der Waals surface area contributed by atoms with E-state index in [0.29, 0.717) is 41.3 Å². The molecule has 2 amide bonds. The summed E-state index contributed by atoms with van der Waals surface area (Å²) in [6, 6.07) is 13.8. The van der Waals surface area contributed by atoms with E-state index in [2.05, 4.69) is 12.2 Å². The van der Waals surface area contributed by atoms with Crippen LogP contribution in [0.15, 0.2) is 59.6 Å². The molecule has 2 aromatic carbocycles. The number of sulfone groups is 1. The molecule has 0 aliphatic carbocycles. The highest BCUT2D eigenvalue weighted by Crippen LogP contribution is 2.28. The fourth-order valence-corrected chi connectivity index (χ4v) is 5.65. The van der Waals surface area contributed by atoms with Gasteiger partial charge >= 0.3 is 0 Å². The standard InChI is InChI=1S/C25H29N3O5S/c1-18-11-13-27(14-12-18)25(30)16-28-15-23(19-7-3-5-9-21(19)28)34(31,32)17-24(29)26-20-8-4-6-10-22(20)33-2/h3-10,15,18H,11-14,16-17H2,1-2H3,(H,26,29).